The Morgan fingerprint density at radius 3 is 2.50 bits per heavy atom. The Bertz CT molecular complexity index is 1300. The lowest BCUT2D eigenvalue weighted by atomic mass is 9.63. The molecule has 2 unspecified atom stereocenters. The predicted molar refractivity (Wildman–Crippen MR) is 123 cm³/mol. The van der Waals surface area contributed by atoms with Crippen LogP contribution in [-0.4, -0.2) is 20.8 Å². The number of para-hydroxylation sites is 1. The number of amides is 1. The molecule has 1 amide bonds. The summed E-state index contributed by atoms with van der Waals surface area (Å²) < 4.78 is 0. The Kier molecular flexibility index (Phi) is 4.22. The van der Waals surface area contributed by atoms with E-state index >= 15 is 0 Å². The molecular formula is C25H26N4O3. The number of nitrogens with zero attached hydrogens (tertiary/aromatic N) is 3. The molecule has 32 heavy (non-hydrogen) atoms. The summed E-state index contributed by atoms with van der Waals surface area (Å²) in [5.41, 5.74) is 2.84. The normalized spacial score (nSPS) is 25.0. The summed E-state index contributed by atoms with van der Waals surface area (Å²) in [5, 5.41) is 14.5. The number of carbonyl (C=O) groups is 1. The van der Waals surface area contributed by atoms with Crippen LogP contribution in [0.3, 0.4) is 0 Å². The summed E-state index contributed by atoms with van der Waals surface area (Å²) in [5.74, 6) is -0.0787. The largest absolute Gasteiger partial charge is 0.325 e. The molecule has 2 aromatic carbocycles. The van der Waals surface area contributed by atoms with Gasteiger partial charge in [0.1, 0.15) is 0 Å². The van der Waals surface area contributed by atoms with Crippen molar-refractivity contribution in [1.82, 2.24) is 9.97 Å². The topological polar surface area (TPSA) is 98.0 Å². The molecule has 2 aliphatic rings. The maximum absolute atomic E-state index is 14.0. The highest BCUT2D eigenvalue weighted by molar-refractivity contribution is 6.02. The van der Waals surface area contributed by atoms with Crippen molar-refractivity contribution in [2.24, 2.45) is 5.41 Å². The van der Waals surface area contributed by atoms with Gasteiger partial charge in [-0.2, -0.15) is 0 Å². The number of anilines is 1. The minimum Gasteiger partial charge on any atom is -0.325 e. The van der Waals surface area contributed by atoms with Gasteiger partial charge in [-0.1, -0.05) is 45.9 Å². The van der Waals surface area contributed by atoms with Gasteiger partial charge in [0.15, 0.2) is 0 Å². The molecule has 7 heteroatoms. The van der Waals surface area contributed by atoms with E-state index in [1.54, 1.807) is 6.07 Å². The van der Waals surface area contributed by atoms with Gasteiger partial charge < -0.3 is 5.32 Å². The lowest BCUT2D eigenvalue weighted by molar-refractivity contribution is -0.384. The SMILES string of the molecule is CCc1ccccc1NC(=O)C12CCC(C)(c3nc4ccc([N+](=O)[O-])cc4nc31)C2(C)C. The Morgan fingerprint density at radius 1 is 1.06 bits per heavy atom. The number of nitro benzene ring substituents is 1. The number of benzene rings is 2. The third kappa shape index (κ3) is 2.39. The van der Waals surface area contributed by atoms with Crippen LogP contribution in [0.2, 0.25) is 0 Å². The van der Waals surface area contributed by atoms with Crippen LogP contribution in [0.1, 0.15) is 57.5 Å². The fourth-order valence-corrected chi connectivity index (χ4v) is 5.89. The van der Waals surface area contributed by atoms with Crippen molar-refractivity contribution < 1.29 is 9.72 Å². The molecule has 1 saturated carbocycles. The first-order chi connectivity index (χ1) is 15.2. The zero-order chi connectivity index (χ0) is 22.9. The fraction of sp³-hybridized carbons (Fsp3) is 0.400. The van der Waals surface area contributed by atoms with Gasteiger partial charge in [-0.3, -0.25) is 14.9 Å². The second-order valence-corrected chi connectivity index (χ2v) is 9.68. The van der Waals surface area contributed by atoms with Crippen LogP contribution < -0.4 is 5.32 Å². The van der Waals surface area contributed by atoms with E-state index in [0.29, 0.717) is 23.1 Å². The van der Waals surface area contributed by atoms with Crippen LogP contribution in [0.25, 0.3) is 11.0 Å². The van der Waals surface area contributed by atoms with Gasteiger partial charge in [0.05, 0.1) is 32.8 Å². The Hall–Kier alpha value is -3.35. The summed E-state index contributed by atoms with van der Waals surface area (Å²) in [7, 11) is 0. The van der Waals surface area contributed by atoms with Gasteiger partial charge in [-0.25, -0.2) is 9.97 Å². The molecule has 7 nitrogen and oxygen atoms in total. The number of rotatable bonds is 4. The van der Waals surface area contributed by atoms with Crippen molar-refractivity contribution in [3.05, 3.63) is 69.5 Å². The highest BCUT2D eigenvalue weighted by Gasteiger charge is 2.73. The molecule has 5 rings (SSSR count). The minimum absolute atomic E-state index is 0.0317. The lowest BCUT2D eigenvalue weighted by Crippen LogP contribution is -2.48. The Morgan fingerprint density at radius 2 is 1.78 bits per heavy atom. The van der Waals surface area contributed by atoms with Crippen molar-refractivity contribution in [2.75, 3.05) is 5.32 Å². The van der Waals surface area contributed by atoms with E-state index in [4.69, 9.17) is 9.97 Å². The summed E-state index contributed by atoms with van der Waals surface area (Å²) in [4.78, 5) is 34.6. The number of non-ortho nitro benzene ring substituents is 1. The van der Waals surface area contributed by atoms with Crippen LogP contribution in [0.15, 0.2) is 42.5 Å². The van der Waals surface area contributed by atoms with E-state index in [9.17, 15) is 14.9 Å². The second kappa shape index (κ2) is 6.58. The molecule has 0 saturated heterocycles. The standard InChI is InChI=1S/C25H26N4O3/c1-5-15-8-6-7-9-17(15)28-22(30)25-13-12-24(4,23(25,2)3)20-21(25)27-19-14-16(29(31)32)10-11-18(19)26-20/h6-11,14H,5,12-13H2,1-4H3,(H,28,30). The lowest BCUT2D eigenvalue weighted by Gasteiger charge is -2.39. The van der Waals surface area contributed by atoms with Crippen LogP contribution in [0.5, 0.6) is 0 Å². The first kappa shape index (κ1) is 20.5. The van der Waals surface area contributed by atoms with Crippen molar-refractivity contribution in [1.29, 1.82) is 0 Å². The number of hydrogen-bond acceptors (Lipinski definition) is 5. The molecule has 2 atom stereocenters. The monoisotopic (exact) mass is 430 g/mol. The third-order valence-corrected chi connectivity index (χ3v) is 8.27. The van der Waals surface area contributed by atoms with Gasteiger partial charge in [-0.05, 0) is 42.4 Å². The predicted octanol–water partition coefficient (Wildman–Crippen LogP) is 5.07. The maximum Gasteiger partial charge on any atom is 0.271 e. The highest BCUT2D eigenvalue weighted by Crippen LogP contribution is 2.70. The Balaban J connectivity index is 1.70. The number of nitro groups is 1. The van der Waals surface area contributed by atoms with Crippen molar-refractivity contribution in [3.63, 3.8) is 0 Å². The zero-order valence-electron chi connectivity index (χ0n) is 18.7. The number of hydrogen-bond donors (Lipinski definition) is 1. The van der Waals surface area contributed by atoms with E-state index in [0.717, 1.165) is 29.8 Å². The number of carbonyl (C=O) groups excluding carboxylic acids is 1. The number of aromatic nitrogens is 2. The molecule has 0 aliphatic heterocycles. The molecule has 2 aliphatic carbocycles. The van der Waals surface area contributed by atoms with E-state index in [2.05, 4.69) is 33.0 Å². The first-order valence-corrected chi connectivity index (χ1v) is 11.0. The van der Waals surface area contributed by atoms with Gasteiger partial charge in [-0.15, -0.1) is 0 Å². The fourth-order valence-electron chi connectivity index (χ4n) is 5.89. The van der Waals surface area contributed by atoms with Crippen molar-refractivity contribution >= 4 is 28.3 Å². The molecule has 164 valence electrons. The van der Waals surface area contributed by atoms with Crippen LogP contribution >= 0.6 is 0 Å². The molecular weight excluding hydrogens is 404 g/mol. The number of aryl methyl sites for hydroxylation is 1. The quantitative estimate of drug-likeness (QED) is 0.460. The van der Waals surface area contributed by atoms with Crippen molar-refractivity contribution in [3.8, 4) is 0 Å². The second-order valence-electron chi connectivity index (χ2n) is 9.68. The smallest absolute Gasteiger partial charge is 0.271 e. The molecule has 1 fully saturated rings. The molecule has 0 radical (unpaired) electrons. The van der Waals surface area contributed by atoms with Gasteiger partial charge in [0.25, 0.3) is 5.69 Å². The van der Waals surface area contributed by atoms with Crippen LogP contribution in [0, 0.1) is 15.5 Å². The van der Waals surface area contributed by atoms with Crippen LogP contribution in [0.4, 0.5) is 11.4 Å². The molecule has 1 N–H and O–H groups in total. The zero-order valence-corrected chi connectivity index (χ0v) is 18.7. The summed E-state index contributed by atoms with van der Waals surface area (Å²) in [6.45, 7) is 8.48. The molecule has 1 heterocycles. The van der Waals surface area contributed by atoms with Crippen LogP contribution in [-0.2, 0) is 22.0 Å². The Labute approximate surface area is 186 Å². The molecule has 2 bridgehead atoms. The molecule has 3 aromatic rings. The molecule has 1 aromatic heterocycles. The van der Waals surface area contributed by atoms with E-state index in [-0.39, 0.29) is 17.0 Å². The number of nitrogens with one attached hydrogen (secondary N) is 1. The van der Waals surface area contributed by atoms with E-state index in [1.807, 2.05) is 24.3 Å². The van der Waals surface area contributed by atoms with Crippen molar-refractivity contribution in [2.45, 2.75) is 57.8 Å². The highest BCUT2D eigenvalue weighted by atomic mass is 16.6. The summed E-state index contributed by atoms with van der Waals surface area (Å²) >= 11 is 0. The first-order valence-electron chi connectivity index (χ1n) is 11.0. The molecule has 0 spiro atoms. The van der Waals surface area contributed by atoms with Gasteiger partial charge in [0, 0.05) is 23.2 Å². The average Bonchev–Trinajstić information content (AvgIpc) is 3.07. The number of fused-ring (bicyclic) bond motifs is 6. The van der Waals surface area contributed by atoms with E-state index < -0.39 is 15.8 Å². The maximum atomic E-state index is 14.0. The van der Waals surface area contributed by atoms with Gasteiger partial charge in [0.2, 0.25) is 5.91 Å². The summed E-state index contributed by atoms with van der Waals surface area (Å²) in [6.07, 6.45) is 2.32. The summed E-state index contributed by atoms with van der Waals surface area (Å²) in [6, 6.07) is 12.4. The minimum atomic E-state index is -0.857. The van der Waals surface area contributed by atoms with E-state index in [1.165, 1.54) is 12.1 Å². The average molecular weight is 431 g/mol. The van der Waals surface area contributed by atoms with Gasteiger partial charge >= 0.3 is 0 Å². The third-order valence-electron chi connectivity index (χ3n) is 8.27.